The highest BCUT2D eigenvalue weighted by Crippen LogP contribution is 2.16. The van der Waals surface area contributed by atoms with Crippen molar-refractivity contribution < 1.29 is 15.0 Å². The van der Waals surface area contributed by atoms with Crippen LogP contribution in [0, 0.1) is 0 Å². The van der Waals surface area contributed by atoms with E-state index in [1.54, 1.807) is 0 Å². The van der Waals surface area contributed by atoms with Crippen molar-refractivity contribution in [3.8, 4) is 0 Å². The third kappa shape index (κ3) is 1.70. The summed E-state index contributed by atoms with van der Waals surface area (Å²) in [7, 11) is 0. The molecule has 1 saturated heterocycles. The first-order valence-corrected chi connectivity index (χ1v) is 3.78. The van der Waals surface area contributed by atoms with Crippen LogP contribution in [0.5, 0.6) is 0 Å². The van der Waals surface area contributed by atoms with Gasteiger partial charge in [0.15, 0.2) is 0 Å². The summed E-state index contributed by atoms with van der Waals surface area (Å²) in [6, 6.07) is -0.101. The first kappa shape index (κ1) is 8.49. The molecule has 1 N–H and O–H groups in total. The summed E-state index contributed by atoms with van der Waals surface area (Å²) in [5, 5.41) is 19.0. The van der Waals surface area contributed by atoms with Crippen LogP contribution >= 0.6 is 0 Å². The predicted octanol–water partition coefficient (Wildman–Crippen LogP) is -0.600. The van der Waals surface area contributed by atoms with Gasteiger partial charge in [-0.3, -0.25) is 4.79 Å². The molecule has 0 saturated carbocycles. The Bertz CT molecular complexity index is 149. The minimum atomic E-state index is -0.276. The normalized spacial score (nSPS) is 24.7. The predicted molar refractivity (Wildman–Crippen MR) is 37.4 cm³/mol. The van der Waals surface area contributed by atoms with Gasteiger partial charge in [0, 0.05) is 13.0 Å². The van der Waals surface area contributed by atoms with E-state index in [4.69, 9.17) is 5.11 Å². The maximum Gasteiger partial charge on any atom is 0.223 e. The minimum absolute atomic E-state index is 0.0000926. The molecule has 1 rings (SSSR count). The van der Waals surface area contributed by atoms with Crippen molar-refractivity contribution in [1.82, 2.24) is 4.90 Å². The number of aliphatic hydroxyl groups is 1. The van der Waals surface area contributed by atoms with E-state index < -0.39 is 0 Å². The highest BCUT2D eigenvalue weighted by atomic mass is 16.3. The Morgan fingerprint density at radius 3 is 2.91 bits per heavy atom. The quantitative estimate of drug-likeness (QED) is 0.596. The molecule has 0 spiro atoms. The fraction of sp³-hybridized carbons (Fsp3) is 0.857. The van der Waals surface area contributed by atoms with Crippen LogP contribution in [0.3, 0.4) is 0 Å². The number of aliphatic hydroxyl groups excluding tert-OH is 1. The van der Waals surface area contributed by atoms with Gasteiger partial charge in [-0.25, -0.2) is 5.11 Å². The third-order valence-corrected chi connectivity index (χ3v) is 2.00. The van der Waals surface area contributed by atoms with Crippen molar-refractivity contribution in [3.63, 3.8) is 0 Å². The lowest BCUT2D eigenvalue weighted by Crippen LogP contribution is -2.37. The molecule has 0 aliphatic carbocycles. The molecule has 4 heteroatoms. The lowest BCUT2D eigenvalue weighted by atomic mass is 10.2. The van der Waals surface area contributed by atoms with E-state index in [0.29, 0.717) is 12.8 Å². The van der Waals surface area contributed by atoms with E-state index in [-0.39, 0.29) is 31.7 Å². The summed E-state index contributed by atoms with van der Waals surface area (Å²) in [5.74, 6) is -0.0000926. The van der Waals surface area contributed by atoms with Crippen LogP contribution in [0.25, 0.3) is 0 Å². The first-order chi connectivity index (χ1) is 5.29. The Kier molecular flexibility index (Phi) is 2.84. The summed E-state index contributed by atoms with van der Waals surface area (Å²) < 4.78 is 0. The van der Waals surface area contributed by atoms with Crippen molar-refractivity contribution >= 4 is 5.91 Å². The second-order valence-electron chi connectivity index (χ2n) is 2.67. The number of rotatable bonds is 3. The topological polar surface area (TPSA) is 60.4 Å². The minimum Gasteiger partial charge on any atom is -0.394 e. The van der Waals surface area contributed by atoms with E-state index in [9.17, 15) is 9.90 Å². The molecule has 63 valence electrons. The van der Waals surface area contributed by atoms with Crippen LogP contribution < -0.4 is 0 Å². The highest BCUT2D eigenvalue weighted by Gasteiger charge is 2.29. The third-order valence-electron chi connectivity index (χ3n) is 2.00. The van der Waals surface area contributed by atoms with E-state index in [0.717, 1.165) is 0 Å². The summed E-state index contributed by atoms with van der Waals surface area (Å²) >= 11 is 0. The molecule has 0 aromatic rings. The smallest absolute Gasteiger partial charge is 0.223 e. The number of nitrogens with zero attached hydrogens (tertiary/aromatic N) is 1. The number of hydrogen-bond donors (Lipinski definition) is 1. The van der Waals surface area contributed by atoms with Crippen LogP contribution in [-0.4, -0.2) is 41.7 Å². The van der Waals surface area contributed by atoms with Crippen molar-refractivity contribution in [2.75, 3.05) is 19.8 Å². The van der Waals surface area contributed by atoms with Crippen molar-refractivity contribution in [2.24, 2.45) is 0 Å². The molecular formula is C7H12NO3. The van der Waals surface area contributed by atoms with Crippen LogP contribution in [0.2, 0.25) is 0 Å². The monoisotopic (exact) mass is 158 g/mol. The van der Waals surface area contributed by atoms with Gasteiger partial charge in [-0.2, -0.15) is 0 Å². The van der Waals surface area contributed by atoms with Crippen LogP contribution in [-0.2, 0) is 9.90 Å². The van der Waals surface area contributed by atoms with E-state index >= 15 is 0 Å². The molecule has 0 aromatic heterocycles. The average molecular weight is 158 g/mol. The summed E-state index contributed by atoms with van der Waals surface area (Å²) in [6.45, 7) is -0.0575. The summed E-state index contributed by atoms with van der Waals surface area (Å²) in [4.78, 5) is 12.5. The molecule has 0 bridgehead atoms. The molecule has 1 atom stereocenters. The van der Waals surface area contributed by atoms with Gasteiger partial charge in [-0.1, -0.05) is 0 Å². The Morgan fingerprint density at radius 1 is 1.64 bits per heavy atom. The van der Waals surface area contributed by atoms with Gasteiger partial charge in [0.25, 0.3) is 0 Å². The Hall–Kier alpha value is -0.610. The largest absolute Gasteiger partial charge is 0.394 e. The standard InChI is InChI=1S/C7H12NO3/c9-4-3-8-6(5-10)1-2-7(8)11/h6,10H,1-5H2. The molecule has 1 radical (unpaired) electrons. The van der Waals surface area contributed by atoms with Gasteiger partial charge in [-0.05, 0) is 6.42 Å². The van der Waals surface area contributed by atoms with E-state index in [1.807, 2.05) is 0 Å². The van der Waals surface area contributed by atoms with Crippen LogP contribution in [0.15, 0.2) is 0 Å². The SMILES string of the molecule is [O]CCN1C(=O)CCC1CO. The maximum absolute atomic E-state index is 11.0. The molecule has 11 heavy (non-hydrogen) atoms. The van der Waals surface area contributed by atoms with Crippen molar-refractivity contribution in [2.45, 2.75) is 18.9 Å². The van der Waals surface area contributed by atoms with Gasteiger partial charge < -0.3 is 10.0 Å². The molecule has 1 unspecified atom stereocenters. The molecule has 1 aliphatic heterocycles. The number of amides is 1. The lowest BCUT2D eigenvalue weighted by Gasteiger charge is -2.21. The molecular weight excluding hydrogens is 146 g/mol. The zero-order valence-electron chi connectivity index (χ0n) is 6.32. The molecule has 0 aromatic carbocycles. The van der Waals surface area contributed by atoms with E-state index in [1.165, 1.54) is 4.90 Å². The highest BCUT2D eigenvalue weighted by molar-refractivity contribution is 5.78. The number of likely N-dealkylation sites (tertiary alicyclic amines) is 1. The second kappa shape index (κ2) is 3.69. The summed E-state index contributed by atoms with van der Waals surface area (Å²) in [6.07, 6.45) is 1.17. The maximum atomic E-state index is 11.0. The van der Waals surface area contributed by atoms with Gasteiger partial charge in [0.05, 0.1) is 19.3 Å². The second-order valence-corrected chi connectivity index (χ2v) is 2.67. The molecule has 1 amide bonds. The molecule has 1 aliphatic rings. The van der Waals surface area contributed by atoms with Gasteiger partial charge >= 0.3 is 0 Å². The van der Waals surface area contributed by atoms with Gasteiger partial charge in [0.2, 0.25) is 5.91 Å². The average Bonchev–Trinajstić information content (AvgIpc) is 2.34. The van der Waals surface area contributed by atoms with Gasteiger partial charge in [0.1, 0.15) is 0 Å². The fourth-order valence-corrected chi connectivity index (χ4v) is 1.39. The van der Waals surface area contributed by atoms with Crippen molar-refractivity contribution in [3.05, 3.63) is 0 Å². The van der Waals surface area contributed by atoms with Crippen LogP contribution in [0.4, 0.5) is 0 Å². The fourth-order valence-electron chi connectivity index (χ4n) is 1.39. The van der Waals surface area contributed by atoms with Gasteiger partial charge in [-0.15, -0.1) is 0 Å². The molecule has 1 heterocycles. The Morgan fingerprint density at radius 2 is 2.36 bits per heavy atom. The zero-order valence-corrected chi connectivity index (χ0v) is 6.32. The number of carbonyl (C=O) groups is 1. The van der Waals surface area contributed by atoms with Crippen molar-refractivity contribution in [1.29, 1.82) is 0 Å². The first-order valence-electron chi connectivity index (χ1n) is 3.78. The van der Waals surface area contributed by atoms with E-state index in [2.05, 4.69) is 0 Å². The Balaban J connectivity index is 2.49. The molecule has 4 nitrogen and oxygen atoms in total. The lowest BCUT2D eigenvalue weighted by molar-refractivity contribution is -0.130. The Labute approximate surface area is 65.4 Å². The zero-order chi connectivity index (χ0) is 8.27. The molecule has 1 fully saturated rings. The number of hydrogen-bond acceptors (Lipinski definition) is 2. The number of carbonyl (C=O) groups excluding carboxylic acids is 1. The summed E-state index contributed by atoms with van der Waals surface area (Å²) in [5.41, 5.74) is 0. The van der Waals surface area contributed by atoms with Crippen LogP contribution in [0.1, 0.15) is 12.8 Å².